The fourth-order valence-corrected chi connectivity index (χ4v) is 2.28. The first kappa shape index (κ1) is 17.8. The SMILES string of the molecule is Cc1cc(F)ccc1CCNC(=O)C1CC(F)(F)CN1.Cl. The molecule has 1 atom stereocenters. The number of hydrogen-bond acceptors (Lipinski definition) is 2. The molecule has 3 nitrogen and oxygen atoms in total. The summed E-state index contributed by atoms with van der Waals surface area (Å²) in [5.41, 5.74) is 1.74. The topological polar surface area (TPSA) is 41.1 Å². The van der Waals surface area contributed by atoms with Gasteiger partial charge < -0.3 is 5.32 Å². The number of benzene rings is 1. The Balaban J connectivity index is 0.00000220. The lowest BCUT2D eigenvalue weighted by molar-refractivity contribution is -0.123. The van der Waals surface area contributed by atoms with Crippen molar-refractivity contribution in [1.82, 2.24) is 10.6 Å². The third kappa shape index (κ3) is 4.89. The number of halogens is 4. The molecule has 7 heteroatoms. The highest BCUT2D eigenvalue weighted by molar-refractivity contribution is 5.85. The van der Waals surface area contributed by atoms with Crippen molar-refractivity contribution in [2.45, 2.75) is 31.7 Å². The molecule has 1 saturated heterocycles. The Bertz CT molecular complexity index is 511. The summed E-state index contributed by atoms with van der Waals surface area (Å²) in [6.45, 7) is 1.68. The maximum atomic E-state index is 13.0. The van der Waals surface area contributed by atoms with Crippen LogP contribution < -0.4 is 10.6 Å². The molecule has 1 heterocycles. The van der Waals surface area contributed by atoms with Crippen molar-refractivity contribution < 1.29 is 18.0 Å². The smallest absolute Gasteiger partial charge is 0.262 e. The third-order valence-electron chi connectivity index (χ3n) is 3.42. The molecule has 1 fully saturated rings. The molecule has 1 amide bonds. The predicted octanol–water partition coefficient (Wildman–Crippen LogP) is 2.21. The van der Waals surface area contributed by atoms with E-state index in [-0.39, 0.29) is 18.2 Å². The highest BCUT2D eigenvalue weighted by Gasteiger charge is 2.42. The molecule has 1 unspecified atom stereocenters. The van der Waals surface area contributed by atoms with Crippen LogP contribution in [0.5, 0.6) is 0 Å². The average Bonchev–Trinajstić information content (AvgIpc) is 2.72. The van der Waals surface area contributed by atoms with Crippen LogP contribution in [0.4, 0.5) is 13.2 Å². The molecule has 0 radical (unpaired) electrons. The number of alkyl halides is 2. The van der Waals surface area contributed by atoms with E-state index in [9.17, 15) is 18.0 Å². The van der Waals surface area contributed by atoms with Gasteiger partial charge in [0, 0.05) is 13.0 Å². The van der Waals surface area contributed by atoms with Crippen molar-refractivity contribution >= 4 is 18.3 Å². The summed E-state index contributed by atoms with van der Waals surface area (Å²) in [5, 5.41) is 5.13. The van der Waals surface area contributed by atoms with Crippen molar-refractivity contribution in [1.29, 1.82) is 0 Å². The molecule has 1 aliphatic heterocycles. The Labute approximate surface area is 127 Å². The van der Waals surface area contributed by atoms with Crippen LogP contribution in [0.25, 0.3) is 0 Å². The molecular weight excluding hydrogens is 305 g/mol. The first-order chi connectivity index (χ1) is 9.37. The van der Waals surface area contributed by atoms with E-state index in [0.717, 1.165) is 11.1 Å². The quantitative estimate of drug-likeness (QED) is 0.892. The van der Waals surface area contributed by atoms with Gasteiger partial charge in [-0.05, 0) is 36.6 Å². The third-order valence-corrected chi connectivity index (χ3v) is 3.42. The van der Waals surface area contributed by atoms with Crippen LogP contribution in [0.15, 0.2) is 18.2 Å². The summed E-state index contributed by atoms with van der Waals surface area (Å²) >= 11 is 0. The zero-order valence-corrected chi connectivity index (χ0v) is 12.4. The summed E-state index contributed by atoms with van der Waals surface area (Å²) in [5.74, 6) is -3.52. The summed E-state index contributed by atoms with van der Waals surface area (Å²) in [4.78, 5) is 11.7. The van der Waals surface area contributed by atoms with Crippen LogP contribution in [0, 0.1) is 12.7 Å². The molecule has 2 N–H and O–H groups in total. The van der Waals surface area contributed by atoms with Gasteiger partial charge in [0.25, 0.3) is 5.92 Å². The summed E-state index contributed by atoms with van der Waals surface area (Å²) < 4.78 is 38.8. The van der Waals surface area contributed by atoms with E-state index in [0.29, 0.717) is 13.0 Å². The van der Waals surface area contributed by atoms with Crippen LogP contribution in [-0.4, -0.2) is 31.0 Å². The van der Waals surface area contributed by atoms with Gasteiger partial charge in [0.05, 0.1) is 12.6 Å². The van der Waals surface area contributed by atoms with E-state index in [1.807, 2.05) is 0 Å². The van der Waals surface area contributed by atoms with Gasteiger partial charge in [-0.2, -0.15) is 0 Å². The standard InChI is InChI=1S/C14H17F3N2O.ClH/c1-9-6-11(15)3-2-10(9)4-5-18-13(20)12-7-14(16,17)8-19-12;/h2-3,6,12,19H,4-5,7-8H2,1H3,(H,18,20);1H. The second-order valence-corrected chi connectivity index (χ2v) is 5.11. The average molecular weight is 323 g/mol. The van der Waals surface area contributed by atoms with Crippen molar-refractivity contribution in [3.05, 3.63) is 35.1 Å². The minimum Gasteiger partial charge on any atom is -0.354 e. The molecule has 0 spiro atoms. The van der Waals surface area contributed by atoms with E-state index < -0.39 is 30.8 Å². The monoisotopic (exact) mass is 322 g/mol. The highest BCUT2D eigenvalue weighted by Crippen LogP contribution is 2.25. The summed E-state index contributed by atoms with van der Waals surface area (Å²) in [6, 6.07) is 3.62. The van der Waals surface area contributed by atoms with Crippen LogP contribution >= 0.6 is 12.4 Å². The maximum absolute atomic E-state index is 13.0. The molecule has 0 aliphatic carbocycles. The highest BCUT2D eigenvalue weighted by atomic mass is 35.5. The van der Waals surface area contributed by atoms with Gasteiger partial charge in [-0.3, -0.25) is 10.1 Å². The van der Waals surface area contributed by atoms with E-state index >= 15 is 0 Å². The largest absolute Gasteiger partial charge is 0.354 e. The number of hydrogen-bond donors (Lipinski definition) is 2. The van der Waals surface area contributed by atoms with Gasteiger partial charge in [-0.1, -0.05) is 6.07 Å². The lowest BCUT2D eigenvalue weighted by Gasteiger charge is -2.12. The van der Waals surface area contributed by atoms with Crippen LogP contribution in [0.2, 0.25) is 0 Å². The number of carbonyl (C=O) groups is 1. The second kappa shape index (κ2) is 7.13. The molecule has 21 heavy (non-hydrogen) atoms. The Morgan fingerprint density at radius 2 is 2.19 bits per heavy atom. The predicted molar refractivity (Wildman–Crippen MR) is 76.5 cm³/mol. The summed E-state index contributed by atoms with van der Waals surface area (Å²) in [6.07, 6.45) is 0.0787. The molecule has 1 aromatic rings. The lowest BCUT2D eigenvalue weighted by Crippen LogP contribution is -2.41. The van der Waals surface area contributed by atoms with Gasteiger partial charge in [0.15, 0.2) is 0 Å². The van der Waals surface area contributed by atoms with Crippen molar-refractivity contribution in [3.63, 3.8) is 0 Å². The summed E-state index contributed by atoms with van der Waals surface area (Å²) in [7, 11) is 0. The first-order valence-corrected chi connectivity index (χ1v) is 6.51. The zero-order valence-electron chi connectivity index (χ0n) is 11.6. The molecule has 118 valence electrons. The molecule has 0 bridgehead atoms. The Morgan fingerprint density at radius 1 is 1.48 bits per heavy atom. The van der Waals surface area contributed by atoms with Gasteiger partial charge in [0.1, 0.15) is 5.82 Å². The number of nitrogens with one attached hydrogen (secondary N) is 2. The maximum Gasteiger partial charge on any atom is 0.262 e. The second-order valence-electron chi connectivity index (χ2n) is 5.11. The van der Waals surface area contributed by atoms with Crippen LogP contribution in [-0.2, 0) is 11.2 Å². The Kier molecular flexibility index (Phi) is 6.04. The molecular formula is C14H18ClF3N2O. The Hall–Kier alpha value is -1.27. The zero-order chi connectivity index (χ0) is 14.8. The molecule has 2 rings (SSSR count). The molecule has 0 aromatic heterocycles. The number of amides is 1. The van der Waals surface area contributed by atoms with Gasteiger partial charge in [-0.25, -0.2) is 13.2 Å². The lowest BCUT2D eigenvalue weighted by atomic mass is 10.1. The number of aryl methyl sites for hydroxylation is 1. The minimum absolute atomic E-state index is 0. The minimum atomic E-state index is -2.81. The fraction of sp³-hybridized carbons (Fsp3) is 0.500. The van der Waals surface area contributed by atoms with Crippen molar-refractivity contribution in [2.75, 3.05) is 13.1 Å². The van der Waals surface area contributed by atoms with Crippen molar-refractivity contribution in [3.8, 4) is 0 Å². The molecule has 1 aromatic carbocycles. The van der Waals surface area contributed by atoms with E-state index in [2.05, 4.69) is 10.6 Å². The van der Waals surface area contributed by atoms with Gasteiger partial charge in [0.2, 0.25) is 5.91 Å². The normalized spacial score (nSPS) is 19.9. The van der Waals surface area contributed by atoms with Crippen LogP contribution in [0.1, 0.15) is 17.5 Å². The Morgan fingerprint density at radius 3 is 2.76 bits per heavy atom. The first-order valence-electron chi connectivity index (χ1n) is 6.51. The van der Waals surface area contributed by atoms with E-state index in [1.54, 1.807) is 13.0 Å². The number of rotatable bonds is 4. The molecule has 0 saturated carbocycles. The molecule has 1 aliphatic rings. The van der Waals surface area contributed by atoms with Gasteiger partial charge in [-0.15, -0.1) is 12.4 Å². The van der Waals surface area contributed by atoms with Crippen molar-refractivity contribution in [2.24, 2.45) is 0 Å². The van der Waals surface area contributed by atoms with E-state index in [4.69, 9.17) is 0 Å². The van der Waals surface area contributed by atoms with Crippen LogP contribution in [0.3, 0.4) is 0 Å². The number of carbonyl (C=O) groups excluding carboxylic acids is 1. The van der Waals surface area contributed by atoms with E-state index in [1.165, 1.54) is 12.1 Å². The fourth-order valence-electron chi connectivity index (χ4n) is 2.28. The van der Waals surface area contributed by atoms with Gasteiger partial charge >= 0.3 is 0 Å².